The first kappa shape index (κ1) is 21.9. The zero-order valence-electron chi connectivity index (χ0n) is 18.3. The number of rotatable bonds is 6. The van der Waals surface area contributed by atoms with Gasteiger partial charge in [-0.1, -0.05) is 18.2 Å². The lowest BCUT2D eigenvalue weighted by atomic mass is 10.1. The Kier molecular flexibility index (Phi) is 5.91. The Bertz CT molecular complexity index is 1290. The Balaban J connectivity index is 1.51. The van der Waals surface area contributed by atoms with Crippen LogP contribution in [0.3, 0.4) is 0 Å². The SMILES string of the molecule is O=C(O)N1CCN(Cc2c(OCCO)ccc3c(O)c(C=C4N=Nc5ccccc54)oc23)CC1. The number of ether oxygens (including phenoxy) is 1. The van der Waals surface area contributed by atoms with Gasteiger partial charge in [-0.15, -0.1) is 10.2 Å². The number of carbonyl (C=O) groups is 1. The molecule has 34 heavy (non-hydrogen) atoms. The lowest BCUT2D eigenvalue weighted by Crippen LogP contribution is -2.47. The number of aliphatic hydroxyl groups excluding tert-OH is 1. The lowest BCUT2D eigenvalue weighted by Gasteiger charge is -2.33. The molecule has 5 rings (SSSR count). The fraction of sp³-hybridized carbons (Fsp3) is 0.292. The molecule has 1 fully saturated rings. The minimum Gasteiger partial charge on any atom is -0.504 e. The molecule has 0 aliphatic carbocycles. The highest BCUT2D eigenvalue weighted by atomic mass is 16.5. The van der Waals surface area contributed by atoms with Crippen LogP contribution in [0.4, 0.5) is 10.5 Å². The third-order valence-electron chi connectivity index (χ3n) is 6.00. The highest BCUT2D eigenvalue weighted by Gasteiger charge is 2.25. The average Bonchev–Trinajstić information content (AvgIpc) is 3.40. The van der Waals surface area contributed by atoms with Gasteiger partial charge in [0.05, 0.1) is 28.9 Å². The van der Waals surface area contributed by atoms with Crippen LogP contribution in [0.15, 0.2) is 51.0 Å². The number of aliphatic hydroxyl groups is 1. The maximum atomic E-state index is 11.2. The molecular weight excluding hydrogens is 440 g/mol. The number of hydrogen-bond acceptors (Lipinski definition) is 8. The summed E-state index contributed by atoms with van der Waals surface area (Å²) in [4.78, 5) is 14.7. The van der Waals surface area contributed by atoms with Gasteiger partial charge in [0.25, 0.3) is 0 Å². The van der Waals surface area contributed by atoms with Gasteiger partial charge >= 0.3 is 6.09 Å². The molecule has 10 heteroatoms. The van der Waals surface area contributed by atoms with E-state index in [0.29, 0.717) is 55.1 Å². The Morgan fingerprint density at radius 3 is 2.68 bits per heavy atom. The first-order valence-corrected chi connectivity index (χ1v) is 11.0. The molecule has 0 spiro atoms. The molecule has 0 saturated carbocycles. The summed E-state index contributed by atoms with van der Waals surface area (Å²) >= 11 is 0. The van der Waals surface area contributed by atoms with Crippen LogP contribution in [-0.4, -0.2) is 70.6 Å². The zero-order chi connectivity index (χ0) is 23.7. The molecule has 1 saturated heterocycles. The van der Waals surface area contributed by atoms with Crippen LogP contribution in [0.2, 0.25) is 0 Å². The number of carboxylic acid groups (broad SMARTS) is 1. The van der Waals surface area contributed by atoms with Crippen LogP contribution in [0.25, 0.3) is 22.7 Å². The molecule has 0 unspecified atom stereocenters. The summed E-state index contributed by atoms with van der Waals surface area (Å²) in [5.41, 5.74) is 3.40. The van der Waals surface area contributed by atoms with Gasteiger partial charge in [0, 0.05) is 44.4 Å². The summed E-state index contributed by atoms with van der Waals surface area (Å²) in [7, 11) is 0. The van der Waals surface area contributed by atoms with Crippen molar-refractivity contribution >= 4 is 34.5 Å². The summed E-state index contributed by atoms with van der Waals surface area (Å²) in [6.45, 7) is 2.35. The van der Waals surface area contributed by atoms with Gasteiger partial charge in [-0.25, -0.2) is 4.79 Å². The Labute approximate surface area is 195 Å². The predicted octanol–water partition coefficient (Wildman–Crippen LogP) is 3.90. The molecule has 0 radical (unpaired) electrons. The third-order valence-corrected chi connectivity index (χ3v) is 6.00. The van der Waals surface area contributed by atoms with Gasteiger partial charge in [0.15, 0.2) is 11.5 Å². The van der Waals surface area contributed by atoms with Crippen LogP contribution in [-0.2, 0) is 6.54 Å². The first-order valence-electron chi connectivity index (χ1n) is 11.0. The number of amides is 1. The second kappa shape index (κ2) is 9.16. The molecule has 1 aromatic heterocycles. The molecule has 2 aromatic carbocycles. The number of fused-ring (bicyclic) bond motifs is 2. The van der Waals surface area contributed by atoms with Crippen LogP contribution in [0, 0.1) is 0 Å². The van der Waals surface area contributed by atoms with E-state index in [4.69, 9.17) is 9.15 Å². The van der Waals surface area contributed by atoms with E-state index in [1.165, 1.54) is 4.90 Å². The molecular formula is C24H24N4O6. The van der Waals surface area contributed by atoms with E-state index < -0.39 is 6.09 Å². The Hall–Kier alpha value is -3.89. The van der Waals surface area contributed by atoms with Crippen molar-refractivity contribution in [1.29, 1.82) is 0 Å². The summed E-state index contributed by atoms with van der Waals surface area (Å²) < 4.78 is 11.9. The molecule has 2 aliphatic rings. The first-order chi connectivity index (χ1) is 16.5. The van der Waals surface area contributed by atoms with E-state index in [1.807, 2.05) is 24.3 Å². The van der Waals surface area contributed by atoms with Crippen LogP contribution in [0.5, 0.6) is 11.5 Å². The smallest absolute Gasteiger partial charge is 0.407 e. The highest BCUT2D eigenvalue weighted by molar-refractivity contribution is 5.95. The Morgan fingerprint density at radius 2 is 1.91 bits per heavy atom. The number of azo groups is 1. The van der Waals surface area contributed by atoms with E-state index in [2.05, 4.69) is 15.1 Å². The fourth-order valence-electron chi connectivity index (χ4n) is 4.23. The summed E-state index contributed by atoms with van der Waals surface area (Å²) in [5, 5.41) is 38.3. The average molecular weight is 464 g/mol. The van der Waals surface area contributed by atoms with Gasteiger partial charge in [-0.3, -0.25) is 4.90 Å². The van der Waals surface area contributed by atoms with Gasteiger partial charge in [-0.2, -0.15) is 0 Å². The number of aromatic hydroxyl groups is 1. The molecule has 3 aromatic rings. The second-order valence-corrected chi connectivity index (χ2v) is 8.10. The largest absolute Gasteiger partial charge is 0.504 e. The maximum Gasteiger partial charge on any atom is 0.407 e. The van der Waals surface area contributed by atoms with Gasteiger partial charge in [0.2, 0.25) is 0 Å². The van der Waals surface area contributed by atoms with Crippen molar-refractivity contribution < 1.29 is 29.3 Å². The number of nitrogens with zero attached hydrogens (tertiary/aromatic N) is 4. The summed E-state index contributed by atoms with van der Waals surface area (Å²) in [6, 6.07) is 11.0. The molecule has 0 atom stereocenters. The van der Waals surface area contributed by atoms with Gasteiger partial charge in [-0.05, 0) is 18.2 Å². The number of hydrogen-bond donors (Lipinski definition) is 3. The monoisotopic (exact) mass is 464 g/mol. The van der Waals surface area contributed by atoms with Crippen LogP contribution in [0.1, 0.15) is 16.9 Å². The Morgan fingerprint density at radius 1 is 1.12 bits per heavy atom. The maximum absolute atomic E-state index is 11.2. The number of furan rings is 1. The van der Waals surface area contributed by atoms with Crippen molar-refractivity contribution in [2.24, 2.45) is 10.2 Å². The molecule has 3 N–H and O–H groups in total. The number of benzene rings is 2. The van der Waals surface area contributed by atoms with E-state index in [-0.39, 0.29) is 24.7 Å². The summed E-state index contributed by atoms with van der Waals surface area (Å²) in [6.07, 6.45) is 0.738. The normalized spacial score (nSPS) is 17.0. The lowest BCUT2D eigenvalue weighted by molar-refractivity contribution is 0.102. The fourth-order valence-corrected chi connectivity index (χ4v) is 4.23. The van der Waals surface area contributed by atoms with Crippen LogP contribution >= 0.6 is 0 Å². The van der Waals surface area contributed by atoms with Crippen LogP contribution < -0.4 is 4.74 Å². The van der Waals surface area contributed by atoms with Crippen molar-refractivity contribution in [3.8, 4) is 11.5 Å². The number of piperazine rings is 1. The molecule has 1 amide bonds. The van der Waals surface area contributed by atoms with E-state index in [1.54, 1.807) is 18.2 Å². The third kappa shape index (κ3) is 4.09. The quantitative estimate of drug-likeness (QED) is 0.504. The zero-order valence-corrected chi connectivity index (χ0v) is 18.3. The van der Waals surface area contributed by atoms with Crippen molar-refractivity contribution in [2.45, 2.75) is 6.54 Å². The van der Waals surface area contributed by atoms with E-state index in [9.17, 15) is 20.1 Å². The topological polar surface area (TPSA) is 131 Å². The second-order valence-electron chi connectivity index (χ2n) is 8.10. The molecule has 10 nitrogen and oxygen atoms in total. The standard InChI is InChI=1S/C24H24N4O6/c29-11-12-33-20-6-5-16-22(30)21(13-19-15-3-1-2-4-18(15)25-26-19)34-23(16)17(20)14-27-7-9-28(10-8-27)24(31)32/h1-6,13,29-30H,7-12,14H2,(H,31,32). The summed E-state index contributed by atoms with van der Waals surface area (Å²) in [5.74, 6) is 0.797. The minimum absolute atomic E-state index is 0.00673. The molecule has 3 heterocycles. The van der Waals surface area contributed by atoms with Crippen molar-refractivity contribution in [3.63, 3.8) is 0 Å². The molecule has 2 aliphatic heterocycles. The van der Waals surface area contributed by atoms with E-state index in [0.717, 1.165) is 16.8 Å². The van der Waals surface area contributed by atoms with Crippen molar-refractivity contribution in [3.05, 3.63) is 53.3 Å². The molecule has 176 valence electrons. The van der Waals surface area contributed by atoms with Crippen molar-refractivity contribution in [2.75, 3.05) is 39.4 Å². The van der Waals surface area contributed by atoms with Gasteiger partial charge in [0.1, 0.15) is 17.9 Å². The minimum atomic E-state index is -0.923. The van der Waals surface area contributed by atoms with Crippen molar-refractivity contribution in [1.82, 2.24) is 9.80 Å². The van der Waals surface area contributed by atoms with E-state index >= 15 is 0 Å². The predicted molar refractivity (Wildman–Crippen MR) is 124 cm³/mol. The molecule has 0 bridgehead atoms. The highest BCUT2D eigenvalue weighted by Crippen LogP contribution is 2.42. The van der Waals surface area contributed by atoms with Gasteiger partial charge < -0.3 is 29.4 Å².